The summed E-state index contributed by atoms with van der Waals surface area (Å²) in [5.74, 6) is 0. The Balaban J connectivity index is 1.79. The van der Waals surface area contributed by atoms with Gasteiger partial charge in [-0.25, -0.2) is 0 Å². The predicted molar refractivity (Wildman–Crippen MR) is 166 cm³/mol. The van der Waals surface area contributed by atoms with Crippen LogP contribution in [0, 0.1) is 6.92 Å². The number of allylic oxidation sites excluding steroid dienone is 4. The average molecular weight is 499 g/mol. The van der Waals surface area contributed by atoms with Gasteiger partial charge in [0.15, 0.2) is 0 Å². The Hall–Kier alpha value is -4.30. The molecule has 0 saturated carbocycles. The molecule has 0 aliphatic carbocycles. The highest BCUT2D eigenvalue weighted by molar-refractivity contribution is 5.79. The number of rotatable bonds is 8. The fraction of sp³-hybridized carbons (Fsp3) is 0.167. The van der Waals surface area contributed by atoms with Crippen molar-refractivity contribution >= 4 is 28.4 Å². The maximum absolute atomic E-state index is 4.09. The van der Waals surface area contributed by atoms with Gasteiger partial charge in [0, 0.05) is 34.1 Å². The second kappa shape index (κ2) is 11.8. The highest BCUT2D eigenvalue weighted by Gasteiger charge is 2.18. The molecule has 4 rings (SSSR count). The summed E-state index contributed by atoms with van der Waals surface area (Å²) in [6.45, 7) is 15.0. The summed E-state index contributed by atoms with van der Waals surface area (Å²) in [4.78, 5) is 4.54. The third kappa shape index (κ3) is 6.15. The van der Waals surface area contributed by atoms with E-state index in [2.05, 4.69) is 147 Å². The van der Waals surface area contributed by atoms with Crippen LogP contribution < -0.4 is 9.80 Å². The van der Waals surface area contributed by atoms with Gasteiger partial charge in [-0.15, -0.1) is 0 Å². The first-order chi connectivity index (χ1) is 18.3. The van der Waals surface area contributed by atoms with E-state index >= 15 is 0 Å². The number of anilines is 5. The van der Waals surface area contributed by atoms with Crippen LogP contribution in [0.25, 0.3) is 0 Å². The first kappa shape index (κ1) is 26.8. The zero-order chi connectivity index (χ0) is 27.1. The Kier molecular flexibility index (Phi) is 8.33. The number of para-hydroxylation sites is 1. The summed E-state index contributed by atoms with van der Waals surface area (Å²) >= 11 is 0. The first-order valence-corrected chi connectivity index (χ1v) is 13.2. The van der Waals surface area contributed by atoms with Gasteiger partial charge in [0.05, 0.1) is 0 Å². The molecule has 2 nitrogen and oxygen atoms in total. The molecule has 2 heteroatoms. The number of hydrogen-bond acceptors (Lipinski definition) is 2. The van der Waals surface area contributed by atoms with Gasteiger partial charge in [-0.2, -0.15) is 0 Å². The molecule has 192 valence electrons. The van der Waals surface area contributed by atoms with Gasteiger partial charge in [-0.05, 0) is 97.6 Å². The third-order valence-electron chi connectivity index (χ3n) is 6.59. The van der Waals surface area contributed by atoms with E-state index in [9.17, 15) is 0 Å². The van der Waals surface area contributed by atoms with Crippen LogP contribution in [0.1, 0.15) is 38.8 Å². The van der Waals surface area contributed by atoms with Crippen molar-refractivity contribution < 1.29 is 0 Å². The fourth-order valence-corrected chi connectivity index (χ4v) is 4.46. The normalized spacial score (nSPS) is 12.0. The topological polar surface area (TPSA) is 6.48 Å². The van der Waals surface area contributed by atoms with Crippen molar-refractivity contribution in [2.45, 2.75) is 40.0 Å². The molecular formula is C36H38N2. The van der Waals surface area contributed by atoms with E-state index in [-0.39, 0.29) is 5.41 Å². The van der Waals surface area contributed by atoms with E-state index in [1.807, 2.05) is 31.2 Å². The van der Waals surface area contributed by atoms with E-state index in [0.717, 1.165) is 34.1 Å². The second-order valence-corrected chi connectivity index (χ2v) is 10.5. The molecule has 0 amide bonds. The summed E-state index contributed by atoms with van der Waals surface area (Å²) in [6, 6.07) is 36.8. The Labute approximate surface area is 228 Å². The Morgan fingerprint density at radius 3 is 1.63 bits per heavy atom. The lowest BCUT2D eigenvalue weighted by Crippen LogP contribution is -2.16. The molecule has 0 unspecified atom stereocenters. The molecule has 0 fully saturated rings. The number of nitrogens with zero attached hydrogens (tertiary/aromatic N) is 2. The molecule has 0 saturated heterocycles. The van der Waals surface area contributed by atoms with Crippen LogP contribution in [0.5, 0.6) is 0 Å². The van der Waals surface area contributed by atoms with E-state index < -0.39 is 0 Å². The van der Waals surface area contributed by atoms with Crippen LogP contribution >= 0.6 is 0 Å². The summed E-state index contributed by atoms with van der Waals surface area (Å²) in [5, 5.41) is 0. The van der Waals surface area contributed by atoms with Crippen molar-refractivity contribution in [3.63, 3.8) is 0 Å². The van der Waals surface area contributed by atoms with Crippen LogP contribution in [-0.4, -0.2) is 0 Å². The molecule has 0 spiro atoms. The van der Waals surface area contributed by atoms with Gasteiger partial charge in [-0.3, -0.25) is 0 Å². The number of hydrogen-bond donors (Lipinski definition) is 0. The molecule has 0 radical (unpaired) electrons. The van der Waals surface area contributed by atoms with Crippen LogP contribution in [0.2, 0.25) is 0 Å². The van der Waals surface area contributed by atoms with Crippen molar-refractivity contribution in [2.24, 2.45) is 0 Å². The molecule has 4 aromatic rings. The number of aryl methyl sites for hydroxylation is 1. The second-order valence-electron chi connectivity index (χ2n) is 10.5. The quantitative estimate of drug-likeness (QED) is 0.223. The lowest BCUT2D eigenvalue weighted by Gasteiger charge is -2.29. The summed E-state index contributed by atoms with van der Waals surface area (Å²) in [5.41, 5.74) is 9.22. The van der Waals surface area contributed by atoms with E-state index in [4.69, 9.17) is 0 Å². The van der Waals surface area contributed by atoms with Gasteiger partial charge >= 0.3 is 0 Å². The van der Waals surface area contributed by atoms with Gasteiger partial charge < -0.3 is 9.80 Å². The van der Waals surface area contributed by atoms with Crippen molar-refractivity contribution in [3.8, 4) is 0 Å². The maximum Gasteiger partial charge on any atom is 0.0463 e. The van der Waals surface area contributed by atoms with Crippen LogP contribution in [0.3, 0.4) is 0 Å². The molecular weight excluding hydrogens is 460 g/mol. The number of benzene rings is 4. The minimum Gasteiger partial charge on any atom is -0.311 e. The maximum atomic E-state index is 4.09. The van der Waals surface area contributed by atoms with Crippen molar-refractivity contribution in [3.05, 3.63) is 151 Å². The third-order valence-corrected chi connectivity index (χ3v) is 6.59. The molecule has 0 atom stereocenters. The zero-order valence-corrected chi connectivity index (χ0v) is 23.2. The van der Waals surface area contributed by atoms with E-state index in [0.29, 0.717) is 0 Å². The van der Waals surface area contributed by atoms with Gasteiger partial charge in [0.25, 0.3) is 0 Å². The van der Waals surface area contributed by atoms with Gasteiger partial charge in [-0.1, -0.05) is 87.5 Å². The standard InChI is InChI=1S/C36H38N2/c1-7-9-13-30(8-2)37(31-14-11-10-12-15-31)34-24-26-35(27-25-34)38(32-20-16-28(3)17-21-32)33-22-18-29(19-23-33)36(4,5)6/h7-27H,2H2,1,3-6H3/b9-7-,30-13+. The highest BCUT2D eigenvalue weighted by atomic mass is 15.2. The summed E-state index contributed by atoms with van der Waals surface area (Å²) in [6.07, 6.45) is 8.06. The molecule has 0 aliphatic heterocycles. The molecule has 4 aromatic carbocycles. The Bertz CT molecular complexity index is 1390. The molecule has 0 aliphatic rings. The van der Waals surface area contributed by atoms with Crippen molar-refractivity contribution in [1.29, 1.82) is 0 Å². The summed E-state index contributed by atoms with van der Waals surface area (Å²) in [7, 11) is 0. The highest BCUT2D eigenvalue weighted by Crippen LogP contribution is 2.38. The Morgan fingerprint density at radius 1 is 0.658 bits per heavy atom. The summed E-state index contributed by atoms with van der Waals surface area (Å²) < 4.78 is 0. The molecule has 38 heavy (non-hydrogen) atoms. The fourth-order valence-electron chi connectivity index (χ4n) is 4.46. The van der Waals surface area contributed by atoms with Crippen LogP contribution in [0.4, 0.5) is 28.4 Å². The SMILES string of the molecule is C=C/C(=C\C=C/C)N(c1ccccc1)c1ccc(N(c2ccc(C)cc2)c2ccc(C(C)(C)C)cc2)cc1. The largest absolute Gasteiger partial charge is 0.311 e. The molecule has 0 aromatic heterocycles. The minimum atomic E-state index is 0.110. The van der Waals surface area contributed by atoms with Gasteiger partial charge in [0.2, 0.25) is 0 Å². The minimum absolute atomic E-state index is 0.110. The van der Waals surface area contributed by atoms with E-state index in [1.165, 1.54) is 11.1 Å². The Morgan fingerprint density at radius 2 is 1.13 bits per heavy atom. The molecule has 0 N–H and O–H groups in total. The molecule has 0 heterocycles. The smallest absolute Gasteiger partial charge is 0.0463 e. The zero-order valence-electron chi connectivity index (χ0n) is 23.2. The monoisotopic (exact) mass is 498 g/mol. The van der Waals surface area contributed by atoms with Crippen LogP contribution in [0.15, 0.2) is 140 Å². The lowest BCUT2D eigenvalue weighted by molar-refractivity contribution is 0.590. The van der Waals surface area contributed by atoms with Crippen LogP contribution in [-0.2, 0) is 5.41 Å². The van der Waals surface area contributed by atoms with Crippen molar-refractivity contribution in [1.82, 2.24) is 0 Å². The predicted octanol–water partition coefficient (Wildman–Crippen LogP) is 10.5. The van der Waals surface area contributed by atoms with Gasteiger partial charge in [0.1, 0.15) is 0 Å². The first-order valence-electron chi connectivity index (χ1n) is 13.2. The molecule has 0 bridgehead atoms. The van der Waals surface area contributed by atoms with E-state index in [1.54, 1.807) is 0 Å². The van der Waals surface area contributed by atoms with Crippen molar-refractivity contribution in [2.75, 3.05) is 9.80 Å². The lowest BCUT2D eigenvalue weighted by atomic mass is 9.87. The average Bonchev–Trinajstić information content (AvgIpc) is 2.93.